The van der Waals surface area contributed by atoms with E-state index >= 15 is 0 Å². The Morgan fingerprint density at radius 1 is 0.923 bits per heavy atom. The van der Waals surface area contributed by atoms with Crippen LogP contribution in [0.2, 0.25) is 0 Å². The molecule has 0 atom stereocenters. The van der Waals surface area contributed by atoms with Gasteiger partial charge >= 0.3 is 5.69 Å². The molecule has 0 saturated carbocycles. The van der Waals surface area contributed by atoms with E-state index in [4.69, 9.17) is 0 Å². The van der Waals surface area contributed by atoms with Crippen LogP contribution in [0.3, 0.4) is 0 Å². The number of benzene rings is 2. The third-order valence-corrected chi connectivity index (χ3v) is 6.00. The first-order valence-corrected chi connectivity index (χ1v) is 10.1. The average Bonchev–Trinajstić information content (AvgIpc) is 3.01. The zero-order valence-corrected chi connectivity index (χ0v) is 15.0. The van der Waals surface area contributed by atoms with Gasteiger partial charge in [0.25, 0.3) is 10.0 Å². The molecule has 1 saturated heterocycles. The van der Waals surface area contributed by atoms with E-state index in [0.717, 1.165) is 31.6 Å². The Balaban J connectivity index is 1.61. The number of rotatable bonds is 4. The normalized spacial score (nSPS) is 15.3. The maximum atomic E-state index is 12.7. The van der Waals surface area contributed by atoms with Crippen LogP contribution in [0.4, 0.5) is 11.4 Å². The van der Waals surface area contributed by atoms with Crippen LogP contribution in [-0.4, -0.2) is 31.5 Å². The van der Waals surface area contributed by atoms with Crippen molar-refractivity contribution in [2.24, 2.45) is 0 Å². The maximum absolute atomic E-state index is 12.7. The predicted octanol–water partition coefficient (Wildman–Crippen LogP) is 2.65. The SMILES string of the molecule is O=c1[nH]c2ccc(S(=O)(=O)Nc3cccc(N4CCCCC4)c3)cc2[nH]1. The Hall–Kier alpha value is -2.74. The highest BCUT2D eigenvalue weighted by atomic mass is 32.2. The molecule has 0 aliphatic carbocycles. The van der Waals surface area contributed by atoms with Crippen molar-refractivity contribution < 1.29 is 8.42 Å². The summed E-state index contributed by atoms with van der Waals surface area (Å²) in [6.45, 7) is 1.99. The minimum Gasteiger partial charge on any atom is -0.371 e. The van der Waals surface area contributed by atoms with Crippen LogP contribution < -0.4 is 15.3 Å². The average molecular weight is 372 g/mol. The summed E-state index contributed by atoms with van der Waals surface area (Å²) < 4.78 is 28.1. The number of anilines is 2. The van der Waals surface area contributed by atoms with Crippen molar-refractivity contribution in [1.29, 1.82) is 0 Å². The van der Waals surface area contributed by atoms with Gasteiger partial charge in [-0.2, -0.15) is 0 Å². The highest BCUT2D eigenvalue weighted by molar-refractivity contribution is 7.92. The molecule has 0 radical (unpaired) electrons. The van der Waals surface area contributed by atoms with Gasteiger partial charge in [-0.15, -0.1) is 0 Å². The second-order valence-corrected chi connectivity index (χ2v) is 8.17. The highest BCUT2D eigenvalue weighted by Crippen LogP contribution is 2.25. The Morgan fingerprint density at radius 3 is 2.50 bits per heavy atom. The molecule has 4 rings (SSSR count). The number of hydrogen-bond donors (Lipinski definition) is 3. The molecule has 3 aromatic rings. The molecular weight excluding hydrogens is 352 g/mol. The molecule has 8 heteroatoms. The number of aromatic nitrogens is 2. The molecule has 0 bridgehead atoms. The highest BCUT2D eigenvalue weighted by Gasteiger charge is 2.17. The molecule has 2 aromatic carbocycles. The lowest BCUT2D eigenvalue weighted by molar-refractivity contribution is 0.578. The zero-order chi connectivity index (χ0) is 18.1. The van der Waals surface area contributed by atoms with Gasteiger partial charge in [-0.3, -0.25) is 4.72 Å². The van der Waals surface area contributed by atoms with E-state index in [9.17, 15) is 13.2 Å². The van der Waals surface area contributed by atoms with Crippen LogP contribution >= 0.6 is 0 Å². The number of imidazole rings is 1. The van der Waals surface area contributed by atoms with Gasteiger partial charge in [0.15, 0.2) is 0 Å². The Morgan fingerprint density at radius 2 is 1.69 bits per heavy atom. The first-order valence-electron chi connectivity index (χ1n) is 8.61. The summed E-state index contributed by atoms with van der Waals surface area (Å²) in [5, 5.41) is 0. The number of H-pyrrole nitrogens is 2. The molecule has 136 valence electrons. The summed E-state index contributed by atoms with van der Waals surface area (Å²) >= 11 is 0. The van der Waals surface area contributed by atoms with Crippen molar-refractivity contribution in [3.8, 4) is 0 Å². The van der Waals surface area contributed by atoms with Crippen LogP contribution in [0.5, 0.6) is 0 Å². The van der Waals surface area contributed by atoms with Crippen LogP contribution in [0.25, 0.3) is 11.0 Å². The number of fused-ring (bicyclic) bond motifs is 1. The summed E-state index contributed by atoms with van der Waals surface area (Å²) in [6, 6.07) is 12.0. The summed E-state index contributed by atoms with van der Waals surface area (Å²) in [5.41, 5.74) is 2.21. The second-order valence-electron chi connectivity index (χ2n) is 6.49. The van der Waals surface area contributed by atoms with Gasteiger partial charge in [-0.05, 0) is 55.7 Å². The summed E-state index contributed by atoms with van der Waals surface area (Å²) in [6.07, 6.45) is 3.56. The fourth-order valence-electron chi connectivity index (χ4n) is 3.31. The quantitative estimate of drug-likeness (QED) is 0.656. The largest absolute Gasteiger partial charge is 0.371 e. The Kier molecular flexibility index (Phi) is 4.20. The van der Waals surface area contributed by atoms with E-state index in [-0.39, 0.29) is 10.6 Å². The van der Waals surface area contributed by atoms with Gasteiger partial charge in [-0.25, -0.2) is 13.2 Å². The van der Waals surface area contributed by atoms with Gasteiger partial charge in [0.2, 0.25) is 0 Å². The van der Waals surface area contributed by atoms with E-state index in [1.165, 1.54) is 18.6 Å². The molecule has 26 heavy (non-hydrogen) atoms. The van der Waals surface area contributed by atoms with Crippen molar-refractivity contribution in [3.05, 3.63) is 52.9 Å². The van der Waals surface area contributed by atoms with Crippen LogP contribution in [0.1, 0.15) is 19.3 Å². The lowest BCUT2D eigenvalue weighted by Crippen LogP contribution is -2.29. The Bertz CT molecular complexity index is 1090. The molecule has 1 aliphatic rings. The van der Waals surface area contributed by atoms with Crippen LogP contribution in [0.15, 0.2) is 52.2 Å². The lowest BCUT2D eigenvalue weighted by atomic mass is 10.1. The molecule has 1 aliphatic heterocycles. The van der Waals surface area contributed by atoms with Gasteiger partial charge < -0.3 is 14.9 Å². The monoisotopic (exact) mass is 372 g/mol. The van der Waals surface area contributed by atoms with Crippen molar-refractivity contribution in [2.75, 3.05) is 22.7 Å². The Labute approximate surface area is 151 Å². The van der Waals surface area contributed by atoms with Crippen molar-refractivity contribution in [3.63, 3.8) is 0 Å². The molecule has 1 fully saturated rings. The minimum absolute atomic E-state index is 0.101. The second kappa shape index (κ2) is 6.53. The van der Waals surface area contributed by atoms with E-state index in [1.807, 2.05) is 18.2 Å². The first kappa shape index (κ1) is 16.7. The van der Waals surface area contributed by atoms with Crippen molar-refractivity contribution in [1.82, 2.24) is 9.97 Å². The molecule has 7 nitrogen and oxygen atoms in total. The molecule has 0 unspecified atom stereocenters. The van der Waals surface area contributed by atoms with Gasteiger partial charge in [0.05, 0.1) is 21.6 Å². The van der Waals surface area contributed by atoms with Crippen molar-refractivity contribution >= 4 is 32.4 Å². The predicted molar refractivity (Wildman–Crippen MR) is 102 cm³/mol. The molecule has 2 heterocycles. The molecule has 0 amide bonds. The van der Waals surface area contributed by atoms with Gasteiger partial charge in [0, 0.05) is 18.8 Å². The fourth-order valence-corrected chi connectivity index (χ4v) is 4.39. The van der Waals surface area contributed by atoms with Gasteiger partial charge in [0.1, 0.15) is 0 Å². The minimum atomic E-state index is -3.75. The number of nitrogens with zero attached hydrogens (tertiary/aromatic N) is 1. The van der Waals surface area contributed by atoms with Gasteiger partial charge in [-0.1, -0.05) is 6.07 Å². The van der Waals surface area contributed by atoms with E-state index in [2.05, 4.69) is 19.6 Å². The number of hydrogen-bond acceptors (Lipinski definition) is 4. The number of sulfonamides is 1. The first-order chi connectivity index (χ1) is 12.5. The number of piperidine rings is 1. The summed E-state index contributed by atoms with van der Waals surface area (Å²) in [4.78, 5) is 18.9. The molecule has 3 N–H and O–H groups in total. The van der Waals surface area contributed by atoms with E-state index in [1.54, 1.807) is 12.1 Å². The molecule has 0 spiro atoms. The van der Waals surface area contributed by atoms with Crippen LogP contribution in [0, 0.1) is 0 Å². The summed E-state index contributed by atoms with van der Waals surface area (Å²) in [7, 11) is -3.75. The standard InChI is InChI=1S/C18H20N4O3S/c23-18-19-16-8-7-15(12-17(16)20-18)26(24,25)21-13-5-4-6-14(11-13)22-9-2-1-3-10-22/h4-8,11-12,21H,1-3,9-10H2,(H2,19,20,23). The third-order valence-electron chi connectivity index (χ3n) is 4.62. The molecular formula is C18H20N4O3S. The number of nitrogens with one attached hydrogen (secondary N) is 3. The fraction of sp³-hybridized carbons (Fsp3) is 0.278. The smallest absolute Gasteiger partial charge is 0.323 e. The van der Waals surface area contributed by atoms with Crippen LogP contribution in [-0.2, 0) is 10.0 Å². The topological polar surface area (TPSA) is 98.1 Å². The summed E-state index contributed by atoms with van der Waals surface area (Å²) in [5.74, 6) is 0. The zero-order valence-electron chi connectivity index (χ0n) is 14.2. The van der Waals surface area contributed by atoms with E-state index < -0.39 is 10.0 Å². The lowest BCUT2D eigenvalue weighted by Gasteiger charge is -2.29. The number of aromatic amines is 2. The van der Waals surface area contributed by atoms with Crippen molar-refractivity contribution in [2.45, 2.75) is 24.2 Å². The maximum Gasteiger partial charge on any atom is 0.323 e. The van der Waals surface area contributed by atoms with E-state index in [0.29, 0.717) is 16.7 Å². The molecule has 1 aromatic heterocycles. The third kappa shape index (κ3) is 3.32.